The third kappa shape index (κ3) is 2.01. The molecule has 0 aromatic heterocycles. The molecule has 7 heteroatoms. The number of halogens is 4. The van der Waals surface area contributed by atoms with Gasteiger partial charge in [-0.15, -0.1) is 0 Å². The van der Waals surface area contributed by atoms with Crippen molar-refractivity contribution in [1.82, 2.24) is 0 Å². The second kappa shape index (κ2) is 3.20. The lowest BCUT2D eigenvalue weighted by molar-refractivity contribution is -0.135. The van der Waals surface area contributed by atoms with Gasteiger partial charge in [-0.05, 0) is 20.8 Å². The molecule has 0 saturated heterocycles. The van der Waals surface area contributed by atoms with Gasteiger partial charge in [0.1, 0.15) is 5.67 Å². The molecule has 0 aromatic rings. The molecule has 2 atom stereocenters. The third-order valence-electron chi connectivity index (χ3n) is 1.87. The molecule has 0 aliphatic rings. The first-order valence-electron chi connectivity index (χ1n) is 3.29. The Morgan fingerprint density at radius 3 is 1.46 bits per heavy atom. The molecule has 0 aliphatic heterocycles. The minimum atomic E-state index is -4.74. The molecule has 0 saturated carbocycles. The van der Waals surface area contributed by atoms with Crippen LogP contribution in [0, 0.1) is 0 Å². The number of alkyl halides is 4. The molecule has 0 fully saturated rings. The van der Waals surface area contributed by atoms with E-state index in [0.29, 0.717) is 13.8 Å². The van der Waals surface area contributed by atoms with Crippen LogP contribution >= 0.6 is 0 Å². The minimum absolute atomic E-state index is 0.211. The van der Waals surface area contributed by atoms with Gasteiger partial charge >= 0.3 is 5.25 Å². The van der Waals surface area contributed by atoms with Gasteiger partial charge in [0.25, 0.3) is 0 Å². The quantitative estimate of drug-likeness (QED) is 0.539. The summed E-state index contributed by atoms with van der Waals surface area (Å²) in [5.74, 6) is 0. The summed E-state index contributed by atoms with van der Waals surface area (Å²) in [6.45, 7) is 1.31. The zero-order chi connectivity index (χ0) is 11.1. The van der Waals surface area contributed by atoms with E-state index in [1.165, 1.54) is 0 Å². The molecule has 0 bridgehead atoms. The van der Waals surface area contributed by atoms with Crippen molar-refractivity contribution in [1.29, 1.82) is 0 Å². The maximum atomic E-state index is 13.1. The zero-order valence-corrected chi connectivity index (χ0v) is 8.05. The molecule has 2 unspecified atom stereocenters. The summed E-state index contributed by atoms with van der Waals surface area (Å²) in [6, 6.07) is 0. The fourth-order valence-electron chi connectivity index (χ4n) is 0.503. The number of hydrogen-bond acceptors (Lipinski definition) is 2. The van der Waals surface area contributed by atoms with Crippen molar-refractivity contribution < 1.29 is 26.3 Å². The number of rotatable bonds is 3. The minimum Gasteiger partial charge on any atom is -0.768 e. The van der Waals surface area contributed by atoms with Crippen LogP contribution < -0.4 is 0 Å². The lowest BCUT2D eigenvalue weighted by atomic mass is 9.91. The lowest BCUT2D eigenvalue weighted by Crippen LogP contribution is -2.56. The Kier molecular flexibility index (Phi) is 3.16. The normalized spacial score (nSPS) is 20.9. The Morgan fingerprint density at radius 1 is 1.08 bits per heavy atom. The van der Waals surface area contributed by atoms with Crippen molar-refractivity contribution in [3.8, 4) is 0 Å². The summed E-state index contributed by atoms with van der Waals surface area (Å²) in [5, 5.41) is -4.74. The van der Waals surface area contributed by atoms with E-state index in [-0.39, 0.29) is 6.92 Å². The van der Waals surface area contributed by atoms with Crippen molar-refractivity contribution in [3.05, 3.63) is 0 Å². The zero-order valence-electron chi connectivity index (χ0n) is 7.24. The molecule has 0 N–H and O–H groups in total. The van der Waals surface area contributed by atoms with Gasteiger partial charge in [0.2, 0.25) is 5.67 Å². The van der Waals surface area contributed by atoms with Gasteiger partial charge in [-0.25, -0.2) is 8.78 Å². The van der Waals surface area contributed by atoms with E-state index in [2.05, 4.69) is 0 Å². The summed E-state index contributed by atoms with van der Waals surface area (Å²) in [7, 11) is 0. The predicted molar refractivity (Wildman–Crippen MR) is 38.6 cm³/mol. The molecular formula is C6H9F4O2S-. The predicted octanol–water partition coefficient (Wildman–Crippen LogP) is 1.93. The summed E-state index contributed by atoms with van der Waals surface area (Å²) in [4.78, 5) is 0. The Balaban J connectivity index is 5.16. The van der Waals surface area contributed by atoms with Crippen LogP contribution in [0.15, 0.2) is 0 Å². The van der Waals surface area contributed by atoms with E-state index in [1.54, 1.807) is 0 Å². The average Bonchev–Trinajstić information content (AvgIpc) is 1.84. The van der Waals surface area contributed by atoms with Crippen molar-refractivity contribution in [3.63, 3.8) is 0 Å². The van der Waals surface area contributed by atoms with Gasteiger partial charge in [-0.2, -0.15) is 8.78 Å². The monoisotopic (exact) mass is 221 g/mol. The molecule has 0 aliphatic carbocycles. The van der Waals surface area contributed by atoms with Crippen LogP contribution in [0.4, 0.5) is 17.6 Å². The summed E-state index contributed by atoms with van der Waals surface area (Å²) < 4.78 is 71.1. The smallest absolute Gasteiger partial charge is 0.345 e. The molecule has 0 radical (unpaired) electrons. The largest absolute Gasteiger partial charge is 0.768 e. The van der Waals surface area contributed by atoms with Gasteiger partial charge in [-0.3, -0.25) is 4.21 Å². The molecule has 2 nitrogen and oxygen atoms in total. The summed E-state index contributed by atoms with van der Waals surface area (Å²) in [6.07, 6.45) is 0. The second-order valence-electron chi connectivity index (χ2n) is 3.23. The van der Waals surface area contributed by atoms with E-state index in [0.717, 1.165) is 0 Å². The first-order chi connectivity index (χ1) is 5.44. The Morgan fingerprint density at radius 2 is 1.38 bits per heavy atom. The Labute approximate surface area is 75.6 Å². The van der Waals surface area contributed by atoms with Gasteiger partial charge < -0.3 is 4.55 Å². The first-order valence-corrected chi connectivity index (χ1v) is 4.37. The highest BCUT2D eigenvalue weighted by Gasteiger charge is 2.62. The van der Waals surface area contributed by atoms with Crippen LogP contribution in [-0.4, -0.2) is 25.4 Å². The van der Waals surface area contributed by atoms with Gasteiger partial charge in [0, 0.05) is 11.1 Å². The van der Waals surface area contributed by atoms with Crippen LogP contribution in [-0.2, 0) is 11.1 Å². The molecule has 80 valence electrons. The maximum Gasteiger partial charge on any atom is 0.345 e. The Hall–Kier alpha value is -0.170. The van der Waals surface area contributed by atoms with Crippen molar-refractivity contribution in [2.24, 2.45) is 0 Å². The summed E-state index contributed by atoms with van der Waals surface area (Å²) >= 11 is -3.99. The Bertz CT molecular complexity index is 221. The van der Waals surface area contributed by atoms with Crippen LogP contribution in [0.1, 0.15) is 20.8 Å². The highest BCUT2D eigenvalue weighted by atomic mass is 32.2. The van der Waals surface area contributed by atoms with E-state index in [9.17, 15) is 26.3 Å². The summed E-state index contributed by atoms with van der Waals surface area (Å²) in [5.41, 5.74) is -6.71. The van der Waals surface area contributed by atoms with Gasteiger partial charge in [0.15, 0.2) is 0 Å². The van der Waals surface area contributed by atoms with Crippen molar-refractivity contribution in [2.75, 3.05) is 0 Å². The van der Waals surface area contributed by atoms with Crippen LogP contribution in [0.25, 0.3) is 0 Å². The van der Waals surface area contributed by atoms with Crippen molar-refractivity contribution in [2.45, 2.75) is 37.4 Å². The second-order valence-corrected chi connectivity index (χ2v) is 4.21. The first kappa shape index (κ1) is 12.8. The fraction of sp³-hybridized carbons (Fsp3) is 1.00. The lowest BCUT2D eigenvalue weighted by Gasteiger charge is -2.37. The van der Waals surface area contributed by atoms with Gasteiger partial charge in [-0.1, -0.05) is 0 Å². The molecule has 13 heavy (non-hydrogen) atoms. The molecule has 0 aromatic carbocycles. The standard InChI is InChI=1S/C6H10F4O2S/c1-4(2,7)5(3,8)6(9,10)13(11)12/h1-3H3,(H,11,12)/p-1. The van der Waals surface area contributed by atoms with E-state index in [4.69, 9.17) is 0 Å². The molecule has 0 heterocycles. The molecule has 0 rings (SSSR count). The van der Waals surface area contributed by atoms with E-state index in [1.807, 2.05) is 0 Å². The average molecular weight is 221 g/mol. The molecule has 0 spiro atoms. The van der Waals surface area contributed by atoms with Crippen molar-refractivity contribution >= 4 is 11.1 Å². The van der Waals surface area contributed by atoms with Crippen LogP contribution in [0.3, 0.4) is 0 Å². The highest BCUT2D eigenvalue weighted by Crippen LogP contribution is 2.43. The van der Waals surface area contributed by atoms with Gasteiger partial charge in [0.05, 0.1) is 0 Å². The third-order valence-corrected chi connectivity index (χ3v) is 2.67. The van der Waals surface area contributed by atoms with Crippen LogP contribution in [0.5, 0.6) is 0 Å². The molecular weight excluding hydrogens is 212 g/mol. The number of hydrogen-bond donors (Lipinski definition) is 0. The molecule has 0 amide bonds. The van der Waals surface area contributed by atoms with Crippen LogP contribution in [0.2, 0.25) is 0 Å². The fourth-order valence-corrected chi connectivity index (χ4v) is 1.06. The highest BCUT2D eigenvalue weighted by molar-refractivity contribution is 7.80. The van der Waals surface area contributed by atoms with E-state index < -0.39 is 27.7 Å². The van der Waals surface area contributed by atoms with E-state index >= 15 is 0 Å². The maximum absolute atomic E-state index is 13.1. The SMILES string of the molecule is CC(C)(F)C(C)(F)C(F)(F)S(=O)[O-]. The topological polar surface area (TPSA) is 40.1 Å².